The van der Waals surface area contributed by atoms with Gasteiger partial charge in [0, 0.05) is 18.3 Å². The van der Waals surface area contributed by atoms with E-state index in [-0.39, 0.29) is 16.8 Å². The Morgan fingerprint density at radius 2 is 1.89 bits per heavy atom. The minimum atomic E-state index is -3.75. The number of aromatic nitrogens is 5. The first kappa shape index (κ1) is 18.5. The van der Waals surface area contributed by atoms with Crippen molar-refractivity contribution in [2.24, 2.45) is 5.14 Å². The molecule has 142 valence electrons. The summed E-state index contributed by atoms with van der Waals surface area (Å²) in [6.45, 7) is 1.97. The number of benzene rings is 1. The highest BCUT2D eigenvalue weighted by Gasteiger charge is 2.16. The summed E-state index contributed by atoms with van der Waals surface area (Å²) in [6, 6.07) is 5.88. The number of hydrogen-bond acceptors (Lipinski definition) is 9. The molecule has 12 heteroatoms. The predicted octanol–water partition coefficient (Wildman–Crippen LogP) is 0.635. The third-order valence-electron chi connectivity index (χ3n) is 3.78. The number of hydrogen-bond donors (Lipinski definition) is 4. The maximum Gasteiger partial charge on any atom is 0.248 e. The zero-order valence-corrected chi connectivity index (χ0v) is 15.5. The number of anilines is 4. The SMILES string of the molecule is CCc1c(NC)ncnc1-n1nc(Nc2ccc(S(N)(=O)=O)cc2)nc1N. The van der Waals surface area contributed by atoms with E-state index in [9.17, 15) is 8.42 Å². The Bertz CT molecular complexity index is 1060. The molecule has 11 nitrogen and oxygen atoms in total. The lowest BCUT2D eigenvalue weighted by molar-refractivity contribution is 0.598. The summed E-state index contributed by atoms with van der Waals surface area (Å²) in [4.78, 5) is 12.6. The van der Waals surface area contributed by atoms with Crippen LogP contribution in [0.1, 0.15) is 12.5 Å². The number of nitrogen functional groups attached to an aromatic ring is 1. The molecule has 3 aromatic rings. The van der Waals surface area contributed by atoms with Gasteiger partial charge in [-0.25, -0.2) is 23.5 Å². The van der Waals surface area contributed by atoms with Gasteiger partial charge in [-0.15, -0.1) is 5.10 Å². The second-order valence-corrected chi connectivity index (χ2v) is 7.09. The lowest BCUT2D eigenvalue weighted by atomic mass is 10.2. The molecule has 0 unspecified atom stereocenters. The molecule has 1 aromatic carbocycles. The fourth-order valence-electron chi connectivity index (χ4n) is 2.52. The Labute approximate surface area is 155 Å². The van der Waals surface area contributed by atoms with Crippen LogP contribution in [-0.2, 0) is 16.4 Å². The minimum absolute atomic E-state index is 0.0132. The molecule has 27 heavy (non-hydrogen) atoms. The van der Waals surface area contributed by atoms with E-state index in [4.69, 9.17) is 10.9 Å². The van der Waals surface area contributed by atoms with Crippen molar-refractivity contribution in [2.45, 2.75) is 18.2 Å². The predicted molar refractivity (Wildman–Crippen MR) is 101 cm³/mol. The molecule has 0 fully saturated rings. The van der Waals surface area contributed by atoms with Gasteiger partial charge >= 0.3 is 0 Å². The number of primary sulfonamides is 1. The molecule has 0 aliphatic rings. The maximum atomic E-state index is 11.3. The molecule has 0 spiro atoms. The van der Waals surface area contributed by atoms with Crippen molar-refractivity contribution in [2.75, 3.05) is 23.4 Å². The van der Waals surface area contributed by atoms with Crippen LogP contribution in [0.25, 0.3) is 5.82 Å². The van der Waals surface area contributed by atoms with Crippen molar-refractivity contribution in [1.29, 1.82) is 0 Å². The van der Waals surface area contributed by atoms with E-state index in [1.54, 1.807) is 19.2 Å². The summed E-state index contributed by atoms with van der Waals surface area (Å²) in [7, 11) is -1.98. The summed E-state index contributed by atoms with van der Waals surface area (Å²) in [6.07, 6.45) is 2.09. The van der Waals surface area contributed by atoms with E-state index < -0.39 is 10.0 Å². The molecule has 0 aliphatic heterocycles. The Balaban J connectivity index is 1.92. The van der Waals surface area contributed by atoms with E-state index in [1.807, 2.05) is 6.92 Å². The highest BCUT2D eigenvalue weighted by Crippen LogP contribution is 2.23. The van der Waals surface area contributed by atoms with E-state index >= 15 is 0 Å². The number of nitrogens with two attached hydrogens (primary N) is 2. The zero-order valence-electron chi connectivity index (χ0n) is 14.7. The lowest BCUT2D eigenvalue weighted by Crippen LogP contribution is -2.11. The first-order chi connectivity index (χ1) is 12.8. The van der Waals surface area contributed by atoms with Gasteiger partial charge in [-0.1, -0.05) is 6.92 Å². The fourth-order valence-corrected chi connectivity index (χ4v) is 3.03. The largest absolute Gasteiger partial charge is 0.373 e. The zero-order chi connectivity index (χ0) is 19.6. The average molecular weight is 389 g/mol. The number of rotatable bonds is 6. The second-order valence-electron chi connectivity index (χ2n) is 5.53. The molecule has 2 heterocycles. The molecular formula is C15H19N9O2S. The van der Waals surface area contributed by atoms with E-state index in [2.05, 4.69) is 30.7 Å². The Hall–Kier alpha value is -3.25. The number of sulfonamides is 1. The van der Waals surface area contributed by atoms with Crippen LogP contribution in [0.2, 0.25) is 0 Å². The van der Waals surface area contributed by atoms with E-state index in [0.29, 0.717) is 23.7 Å². The molecule has 0 radical (unpaired) electrons. The Kier molecular flexibility index (Phi) is 4.92. The van der Waals surface area contributed by atoms with Gasteiger partial charge in [0.25, 0.3) is 0 Å². The molecule has 0 atom stereocenters. The first-order valence-electron chi connectivity index (χ1n) is 7.98. The highest BCUT2D eigenvalue weighted by molar-refractivity contribution is 7.89. The van der Waals surface area contributed by atoms with Gasteiger partial charge in [-0.05, 0) is 30.7 Å². The minimum Gasteiger partial charge on any atom is -0.373 e. The summed E-state index contributed by atoms with van der Waals surface area (Å²) >= 11 is 0. The standard InChI is InChI=1S/C15H19N9O2S/c1-3-11-12(18-2)19-8-20-13(11)24-14(16)22-15(23-24)21-9-4-6-10(7-5-9)27(17,25)26/h4-8H,3H2,1-2H3,(H2,17,25,26)(H,18,19,20)(H3,16,21,22,23). The normalized spacial score (nSPS) is 11.4. The molecule has 0 saturated carbocycles. The summed E-state index contributed by atoms with van der Waals surface area (Å²) in [5.41, 5.74) is 7.42. The van der Waals surface area contributed by atoms with Crippen LogP contribution in [0, 0.1) is 0 Å². The van der Waals surface area contributed by atoms with Crippen molar-refractivity contribution in [3.8, 4) is 5.82 Å². The van der Waals surface area contributed by atoms with Crippen LogP contribution in [-0.4, -0.2) is 40.2 Å². The molecule has 0 amide bonds. The van der Waals surface area contributed by atoms with Crippen LogP contribution in [0.3, 0.4) is 0 Å². The number of nitrogens with one attached hydrogen (secondary N) is 2. The van der Waals surface area contributed by atoms with Gasteiger partial charge in [-0.3, -0.25) is 0 Å². The second kappa shape index (κ2) is 7.17. The molecule has 6 N–H and O–H groups in total. The van der Waals surface area contributed by atoms with Gasteiger partial charge < -0.3 is 16.4 Å². The number of nitrogens with zero attached hydrogens (tertiary/aromatic N) is 5. The summed E-state index contributed by atoms with van der Waals surface area (Å²) < 4.78 is 24.1. The third-order valence-corrected chi connectivity index (χ3v) is 4.71. The summed E-state index contributed by atoms with van der Waals surface area (Å²) in [5.74, 6) is 1.60. The maximum absolute atomic E-state index is 11.3. The van der Waals surface area contributed by atoms with Crippen molar-refractivity contribution >= 4 is 33.4 Å². The van der Waals surface area contributed by atoms with Crippen LogP contribution in [0.5, 0.6) is 0 Å². The van der Waals surface area contributed by atoms with Gasteiger partial charge in [0.05, 0.1) is 4.90 Å². The van der Waals surface area contributed by atoms with Gasteiger partial charge in [0.15, 0.2) is 5.82 Å². The first-order valence-corrected chi connectivity index (χ1v) is 9.52. The fraction of sp³-hybridized carbons (Fsp3) is 0.200. The van der Waals surface area contributed by atoms with Gasteiger partial charge in [-0.2, -0.15) is 9.67 Å². The van der Waals surface area contributed by atoms with Crippen molar-refractivity contribution in [3.05, 3.63) is 36.2 Å². The Morgan fingerprint density at radius 3 is 2.48 bits per heavy atom. The van der Waals surface area contributed by atoms with Crippen molar-refractivity contribution < 1.29 is 8.42 Å². The van der Waals surface area contributed by atoms with Crippen LogP contribution >= 0.6 is 0 Å². The van der Waals surface area contributed by atoms with Crippen LogP contribution in [0.4, 0.5) is 23.4 Å². The highest BCUT2D eigenvalue weighted by atomic mass is 32.2. The van der Waals surface area contributed by atoms with Gasteiger partial charge in [0.1, 0.15) is 12.1 Å². The van der Waals surface area contributed by atoms with Crippen molar-refractivity contribution in [3.63, 3.8) is 0 Å². The monoisotopic (exact) mass is 389 g/mol. The molecule has 2 aromatic heterocycles. The quantitative estimate of drug-likeness (QED) is 0.473. The van der Waals surface area contributed by atoms with E-state index in [0.717, 1.165) is 5.56 Å². The van der Waals surface area contributed by atoms with Crippen LogP contribution in [0.15, 0.2) is 35.5 Å². The molecule has 0 aliphatic carbocycles. The molecule has 0 saturated heterocycles. The molecule has 3 rings (SSSR count). The molecular weight excluding hydrogens is 370 g/mol. The smallest absolute Gasteiger partial charge is 0.248 e. The van der Waals surface area contributed by atoms with Gasteiger partial charge in [0.2, 0.25) is 21.9 Å². The Morgan fingerprint density at radius 1 is 1.19 bits per heavy atom. The van der Waals surface area contributed by atoms with E-state index in [1.165, 1.54) is 23.1 Å². The topological polar surface area (TPSA) is 167 Å². The third kappa shape index (κ3) is 3.80. The molecule has 0 bridgehead atoms. The summed E-state index contributed by atoms with van der Waals surface area (Å²) in [5, 5.41) is 15.4. The average Bonchev–Trinajstić information content (AvgIpc) is 3.00. The van der Waals surface area contributed by atoms with Crippen LogP contribution < -0.4 is 21.5 Å². The van der Waals surface area contributed by atoms with Crippen molar-refractivity contribution in [1.82, 2.24) is 24.7 Å². The lowest BCUT2D eigenvalue weighted by Gasteiger charge is -2.10.